The van der Waals surface area contributed by atoms with Crippen LogP contribution in [0.15, 0.2) is 70.4 Å². The van der Waals surface area contributed by atoms with Crippen molar-refractivity contribution < 1.29 is 8.42 Å². The molecule has 0 aliphatic carbocycles. The van der Waals surface area contributed by atoms with Crippen LogP contribution in [0.4, 0.5) is 0 Å². The quantitative estimate of drug-likeness (QED) is 0.731. The second kappa shape index (κ2) is 5.63. The van der Waals surface area contributed by atoms with Gasteiger partial charge in [0.25, 0.3) is 10.0 Å². The van der Waals surface area contributed by atoms with Gasteiger partial charge in [-0.15, -0.1) is 11.3 Å². The van der Waals surface area contributed by atoms with E-state index < -0.39 is 10.0 Å². The second-order valence-corrected chi connectivity index (χ2v) is 8.55. The van der Waals surface area contributed by atoms with Gasteiger partial charge in [0.2, 0.25) is 0 Å². The van der Waals surface area contributed by atoms with Gasteiger partial charge >= 0.3 is 0 Å². The summed E-state index contributed by atoms with van der Waals surface area (Å²) in [6.07, 6.45) is 2.01. The topological polar surface area (TPSA) is 42.3 Å². The number of aromatic nitrogens is 1. The standard InChI is InChI=1S/C17H16N2O2S2/c20-23(21,16-9-5-13-22-16)19-12-11-18-10-4-8-15(18)17(19)14-6-2-1-3-7-14/h1-10,13,17H,11-12H2/t17-/m0/s1. The van der Waals surface area contributed by atoms with E-state index in [0.717, 1.165) is 11.3 Å². The smallest absolute Gasteiger partial charge is 0.253 e. The Morgan fingerprint density at radius 1 is 0.957 bits per heavy atom. The predicted octanol–water partition coefficient (Wildman–Crippen LogP) is 3.34. The lowest BCUT2D eigenvalue weighted by atomic mass is 10.0. The highest BCUT2D eigenvalue weighted by Crippen LogP contribution is 2.37. The Hall–Kier alpha value is -1.89. The number of thiophene rings is 1. The van der Waals surface area contributed by atoms with Gasteiger partial charge in [0.15, 0.2) is 0 Å². The Kier molecular flexibility index (Phi) is 3.60. The summed E-state index contributed by atoms with van der Waals surface area (Å²) in [5.74, 6) is 0. The van der Waals surface area contributed by atoms with Crippen molar-refractivity contribution in [2.24, 2.45) is 0 Å². The van der Waals surface area contributed by atoms with Crippen LogP contribution in [0.3, 0.4) is 0 Å². The van der Waals surface area contributed by atoms with E-state index in [0.29, 0.717) is 17.3 Å². The highest BCUT2D eigenvalue weighted by Gasteiger charge is 2.37. The number of fused-ring (bicyclic) bond motifs is 1. The third kappa shape index (κ3) is 2.43. The minimum Gasteiger partial charge on any atom is -0.348 e. The maximum Gasteiger partial charge on any atom is 0.253 e. The molecule has 118 valence electrons. The molecule has 0 fully saturated rings. The Bertz CT molecular complexity index is 899. The van der Waals surface area contributed by atoms with Gasteiger partial charge in [-0.05, 0) is 29.1 Å². The summed E-state index contributed by atoms with van der Waals surface area (Å²) in [6.45, 7) is 1.15. The highest BCUT2D eigenvalue weighted by molar-refractivity contribution is 7.91. The first-order chi connectivity index (χ1) is 11.2. The lowest BCUT2D eigenvalue weighted by Crippen LogP contribution is -2.42. The molecular weight excluding hydrogens is 328 g/mol. The van der Waals surface area contributed by atoms with Gasteiger partial charge in [0.05, 0.1) is 6.04 Å². The van der Waals surface area contributed by atoms with Crippen molar-refractivity contribution in [3.8, 4) is 0 Å². The second-order valence-electron chi connectivity index (χ2n) is 5.49. The third-order valence-corrected chi connectivity index (χ3v) is 7.40. The van der Waals surface area contributed by atoms with Gasteiger partial charge < -0.3 is 4.57 Å². The lowest BCUT2D eigenvalue weighted by molar-refractivity contribution is 0.299. The first kappa shape index (κ1) is 14.7. The van der Waals surface area contributed by atoms with Crippen LogP contribution in [0.1, 0.15) is 17.3 Å². The molecule has 0 saturated heterocycles. The number of nitrogens with zero attached hydrogens (tertiary/aromatic N) is 2. The van der Waals surface area contributed by atoms with Crippen molar-refractivity contribution in [3.05, 3.63) is 77.4 Å². The Labute approximate surface area is 139 Å². The highest BCUT2D eigenvalue weighted by atomic mass is 32.2. The summed E-state index contributed by atoms with van der Waals surface area (Å²) in [5, 5.41) is 1.80. The van der Waals surface area contributed by atoms with Crippen LogP contribution in [0.2, 0.25) is 0 Å². The first-order valence-electron chi connectivity index (χ1n) is 7.43. The molecule has 0 radical (unpaired) electrons. The van der Waals surface area contributed by atoms with Gasteiger partial charge in [-0.1, -0.05) is 36.4 Å². The van der Waals surface area contributed by atoms with Gasteiger partial charge in [0.1, 0.15) is 4.21 Å². The van der Waals surface area contributed by atoms with Crippen LogP contribution in [-0.2, 0) is 16.6 Å². The fourth-order valence-corrected chi connectivity index (χ4v) is 5.82. The zero-order valence-corrected chi connectivity index (χ0v) is 14.0. The number of hydrogen-bond donors (Lipinski definition) is 0. The van der Waals surface area contributed by atoms with E-state index in [1.807, 2.05) is 48.7 Å². The monoisotopic (exact) mass is 344 g/mol. The minimum atomic E-state index is -3.50. The maximum atomic E-state index is 13.1. The molecule has 3 heterocycles. The number of rotatable bonds is 3. The SMILES string of the molecule is O=S(=O)(c1cccs1)N1CCn2cccc2[C@@H]1c1ccccc1. The van der Waals surface area contributed by atoms with Crippen LogP contribution in [0.25, 0.3) is 0 Å². The molecule has 6 heteroatoms. The zero-order chi connectivity index (χ0) is 15.9. The molecule has 0 amide bonds. The average Bonchev–Trinajstić information content (AvgIpc) is 3.26. The number of sulfonamides is 1. The number of hydrogen-bond acceptors (Lipinski definition) is 3. The van der Waals surface area contributed by atoms with E-state index in [2.05, 4.69) is 4.57 Å². The molecule has 1 aromatic carbocycles. The molecule has 2 aromatic heterocycles. The van der Waals surface area contributed by atoms with Crippen LogP contribution in [0, 0.1) is 0 Å². The minimum absolute atomic E-state index is 0.285. The molecule has 0 saturated carbocycles. The van der Waals surface area contributed by atoms with Gasteiger partial charge in [0, 0.05) is 25.0 Å². The van der Waals surface area contributed by atoms with E-state index in [1.54, 1.807) is 21.8 Å². The third-order valence-electron chi connectivity index (χ3n) is 4.17. The van der Waals surface area contributed by atoms with Crippen LogP contribution < -0.4 is 0 Å². The summed E-state index contributed by atoms with van der Waals surface area (Å²) in [5.41, 5.74) is 2.01. The zero-order valence-electron chi connectivity index (χ0n) is 12.4. The molecule has 0 N–H and O–H groups in total. The van der Waals surface area contributed by atoms with Crippen molar-refractivity contribution in [3.63, 3.8) is 0 Å². The molecule has 3 aromatic rings. The van der Waals surface area contributed by atoms with E-state index in [9.17, 15) is 8.42 Å². The van der Waals surface area contributed by atoms with Crippen molar-refractivity contribution in [2.45, 2.75) is 16.8 Å². The lowest BCUT2D eigenvalue weighted by Gasteiger charge is -2.36. The van der Waals surface area contributed by atoms with Gasteiger partial charge in [-0.3, -0.25) is 0 Å². The van der Waals surface area contributed by atoms with Crippen molar-refractivity contribution in [1.82, 2.24) is 8.87 Å². The average molecular weight is 344 g/mol. The van der Waals surface area contributed by atoms with Crippen molar-refractivity contribution in [1.29, 1.82) is 0 Å². The molecule has 23 heavy (non-hydrogen) atoms. The van der Waals surface area contributed by atoms with Crippen LogP contribution in [-0.4, -0.2) is 23.8 Å². The summed E-state index contributed by atoms with van der Waals surface area (Å²) in [6, 6.07) is 17.0. The summed E-state index contributed by atoms with van der Waals surface area (Å²) in [4.78, 5) is 0. The number of benzene rings is 1. The van der Waals surface area contributed by atoms with E-state index in [4.69, 9.17) is 0 Å². The Balaban J connectivity index is 1.86. The molecule has 1 aliphatic heterocycles. The predicted molar refractivity (Wildman–Crippen MR) is 90.9 cm³/mol. The van der Waals surface area contributed by atoms with Crippen LogP contribution >= 0.6 is 11.3 Å². The normalized spacial score (nSPS) is 18.7. The van der Waals surface area contributed by atoms with Gasteiger partial charge in [-0.25, -0.2) is 8.42 Å². The molecule has 0 spiro atoms. The van der Waals surface area contributed by atoms with E-state index >= 15 is 0 Å². The molecule has 4 nitrogen and oxygen atoms in total. The summed E-state index contributed by atoms with van der Waals surface area (Å²) >= 11 is 1.27. The van der Waals surface area contributed by atoms with Crippen molar-refractivity contribution in [2.75, 3.05) is 6.54 Å². The fourth-order valence-electron chi connectivity index (χ4n) is 3.12. The molecule has 0 bridgehead atoms. The Morgan fingerprint density at radius 2 is 1.78 bits per heavy atom. The Morgan fingerprint density at radius 3 is 2.52 bits per heavy atom. The van der Waals surface area contributed by atoms with E-state index in [-0.39, 0.29) is 6.04 Å². The summed E-state index contributed by atoms with van der Waals surface area (Å²) in [7, 11) is -3.50. The van der Waals surface area contributed by atoms with Crippen molar-refractivity contribution >= 4 is 21.4 Å². The summed E-state index contributed by atoms with van der Waals surface area (Å²) < 4.78 is 30.3. The molecular formula is C17H16N2O2S2. The largest absolute Gasteiger partial charge is 0.348 e. The fraction of sp³-hybridized carbons (Fsp3) is 0.176. The molecule has 1 aliphatic rings. The molecule has 1 atom stereocenters. The molecule has 4 rings (SSSR count). The first-order valence-corrected chi connectivity index (χ1v) is 9.75. The van der Waals surface area contributed by atoms with E-state index in [1.165, 1.54) is 11.3 Å². The maximum absolute atomic E-state index is 13.1. The van der Waals surface area contributed by atoms with Crippen LogP contribution in [0.5, 0.6) is 0 Å². The molecule has 0 unspecified atom stereocenters. The van der Waals surface area contributed by atoms with Gasteiger partial charge in [-0.2, -0.15) is 4.31 Å².